The number of rotatable bonds is 8. The Morgan fingerprint density at radius 1 is 1.00 bits per heavy atom. The number of hydrogen-bond acceptors (Lipinski definition) is 7. The van der Waals surface area contributed by atoms with Crippen molar-refractivity contribution in [2.24, 2.45) is 0 Å². The molecule has 31 heavy (non-hydrogen) atoms. The molecular formula is C22H28ClN3O4S. The molecule has 0 bridgehead atoms. The quantitative estimate of drug-likeness (QED) is 0.495. The van der Waals surface area contributed by atoms with Crippen molar-refractivity contribution in [3.8, 4) is 17.2 Å². The van der Waals surface area contributed by atoms with Gasteiger partial charge >= 0.3 is 0 Å². The van der Waals surface area contributed by atoms with Gasteiger partial charge in [-0.1, -0.05) is 17.4 Å². The zero-order valence-corrected chi connectivity index (χ0v) is 20.2. The van der Waals surface area contributed by atoms with Crippen molar-refractivity contribution in [1.82, 2.24) is 9.88 Å². The minimum Gasteiger partial charge on any atom is -0.493 e. The molecule has 3 rings (SSSR count). The maximum atomic E-state index is 13.6. The number of carbonyl (C=O) groups is 1. The van der Waals surface area contributed by atoms with Crippen molar-refractivity contribution in [1.29, 1.82) is 0 Å². The lowest BCUT2D eigenvalue weighted by molar-refractivity contribution is 0.0984. The molecule has 0 fully saturated rings. The molecule has 0 radical (unpaired) electrons. The lowest BCUT2D eigenvalue weighted by Crippen LogP contribution is -2.36. The van der Waals surface area contributed by atoms with Crippen LogP contribution in [0.2, 0.25) is 0 Å². The van der Waals surface area contributed by atoms with Crippen LogP contribution in [-0.2, 0) is 0 Å². The average molecular weight is 466 g/mol. The number of methoxy groups -OCH3 is 3. The minimum absolute atomic E-state index is 0. The third kappa shape index (κ3) is 5.39. The van der Waals surface area contributed by atoms with E-state index in [0.29, 0.717) is 41.0 Å². The topological polar surface area (TPSA) is 64.1 Å². The van der Waals surface area contributed by atoms with Gasteiger partial charge in [0, 0.05) is 18.7 Å². The van der Waals surface area contributed by atoms with Crippen LogP contribution in [-0.4, -0.2) is 64.3 Å². The highest BCUT2D eigenvalue weighted by Crippen LogP contribution is 2.39. The Bertz CT molecular complexity index is 1030. The van der Waals surface area contributed by atoms with Gasteiger partial charge in [0.05, 0.1) is 31.5 Å². The molecule has 1 aromatic heterocycles. The van der Waals surface area contributed by atoms with Crippen LogP contribution in [0.3, 0.4) is 0 Å². The summed E-state index contributed by atoms with van der Waals surface area (Å²) in [4.78, 5) is 22.0. The van der Waals surface area contributed by atoms with Crippen LogP contribution >= 0.6 is 23.7 Å². The summed E-state index contributed by atoms with van der Waals surface area (Å²) in [7, 11) is 8.55. The van der Waals surface area contributed by atoms with Crippen molar-refractivity contribution in [2.75, 3.05) is 53.4 Å². The van der Waals surface area contributed by atoms with Gasteiger partial charge in [-0.15, -0.1) is 12.4 Å². The molecule has 2 aromatic carbocycles. The summed E-state index contributed by atoms with van der Waals surface area (Å²) in [6.07, 6.45) is 0. The van der Waals surface area contributed by atoms with Gasteiger partial charge in [0.2, 0.25) is 5.75 Å². The van der Waals surface area contributed by atoms with Gasteiger partial charge < -0.3 is 19.1 Å². The standard InChI is InChI=1S/C22H27N3O4S.ClH/c1-14-7-8-16-19(11-14)30-22(23-16)25(10-9-24(2)3)21(26)15-12-17(27-4)20(29-6)18(13-15)28-5;/h7-8,11-13H,9-10H2,1-6H3;1H. The molecule has 0 atom stereocenters. The largest absolute Gasteiger partial charge is 0.493 e. The maximum Gasteiger partial charge on any atom is 0.260 e. The second kappa shape index (κ2) is 10.7. The fourth-order valence-corrected chi connectivity index (χ4v) is 4.17. The number of carbonyl (C=O) groups excluding carboxylic acids is 1. The number of aromatic nitrogens is 1. The third-order valence-electron chi connectivity index (χ3n) is 4.69. The van der Waals surface area contributed by atoms with E-state index in [1.165, 1.54) is 32.7 Å². The Labute approximate surface area is 192 Å². The molecule has 9 heteroatoms. The molecular weight excluding hydrogens is 438 g/mol. The highest BCUT2D eigenvalue weighted by molar-refractivity contribution is 7.22. The van der Waals surface area contributed by atoms with E-state index in [2.05, 4.69) is 6.07 Å². The number of benzene rings is 2. The molecule has 1 heterocycles. The molecule has 1 amide bonds. The van der Waals surface area contributed by atoms with Crippen LogP contribution in [0.15, 0.2) is 30.3 Å². The predicted octanol–water partition coefficient (Wildman–Crippen LogP) is 4.26. The number of halogens is 1. The Morgan fingerprint density at radius 3 is 2.19 bits per heavy atom. The summed E-state index contributed by atoms with van der Waals surface area (Å²) in [5.41, 5.74) is 2.49. The summed E-state index contributed by atoms with van der Waals surface area (Å²) in [5.74, 6) is 1.15. The number of hydrogen-bond donors (Lipinski definition) is 0. The number of ether oxygens (including phenoxy) is 3. The zero-order chi connectivity index (χ0) is 21.8. The second-order valence-corrected chi connectivity index (χ2v) is 8.15. The lowest BCUT2D eigenvalue weighted by Gasteiger charge is -2.23. The van der Waals surface area contributed by atoms with Gasteiger partial charge in [0.25, 0.3) is 5.91 Å². The summed E-state index contributed by atoms with van der Waals surface area (Å²) in [5, 5.41) is 0.663. The first kappa shape index (κ1) is 24.7. The highest BCUT2D eigenvalue weighted by atomic mass is 35.5. The van der Waals surface area contributed by atoms with Crippen LogP contribution in [0.5, 0.6) is 17.2 Å². The molecule has 0 aliphatic heterocycles. The van der Waals surface area contributed by atoms with Crippen LogP contribution in [0.25, 0.3) is 10.2 Å². The first-order valence-electron chi connectivity index (χ1n) is 9.51. The number of likely N-dealkylation sites (N-methyl/N-ethyl adjacent to an activating group) is 1. The van der Waals surface area contributed by atoms with E-state index >= 15 is 0 Å². The number of amides is 1. The molecule has 0 N–H and O–H groups in total. The van der Waals surface area contributed by atoms with E-state index < -0.39 is 0 Å². The summed E-state index contributed by atoms with van der Waals surface area (Å²) >= 11 is 1.51. The summed E-state index contributed by atoms with van der Waals surface area (Å²) in [6, 6.07) is 9.44. The number of thiazole rings is 1. The molecule has 3 aromatic rings. The van der Waals surface area contributed by atoms with Crippen LogP contribution < -0.4 is 19.1 Å². The van der Waals surface area contributed by atoms with Gasteiger partial charge in [-0.2, -0.15) is 0 Å². The first-order valence-corrected chi connectivity index (χ1v) is 10.3. The molecule has 7 nitrogen and oxygen atoms in total. The van der Waals surface area contributed by atoms with E-state index in [1.54, 1.807) is 17.0 Å². The Hall–Kier alpha value is -2.55. The van der Waals surface area contributed by atoms with Crippen LogP contribution in [0.1, 0.15) is 15.9 Å². The molecule has 0 aliphatic rings. The smallest absolute Gasteiger partial charge is 0.260 e. The number of anilines is 1. The van der Waals surface area contributed by atoms with Gasteiger partial charge in [0.1, 0.15) is 0 Å². The number of aryl methyl sites for hydroxylation is 1. The molecule has 0 spiro atoms. The van der Waals surface area contributed by atoms with Crippen LogP contribution in [0.4, 0.5) is 5.13 Å². The molecule has 0 aliphatic carbocycles. The third-order valence-corrected chi connectivity index (χ3v) is 5.73. The van der Waals surface area contributed by atoms with Gasteiger partial charge in [-0.05, 0) is 50.8 Å². The van der Waals surface area contributed by atoms with E-state index in [0.717, 1.165) is 15.8 Å². The number of nitrogens with zero attached hydrogens (tertiary/aromatic N) is 3. The fraction of sp³-hybridized carbons (Fsp3) is 0.364. The predicted molar refractivity (Wildman–Crippen MR) is 128 cm³/mol. The number of fused-ring (bicyclic) bond motifs is 1. The van der Waals surface area contributed by atoms with Gasteiger partial charge in [0.15, 0.2) is 16.6 Å². The van der Waals surface area contributed by atoms with Crippen LogP contribution in [0, 0.1) is 6.92 Å². The van der Waals surface area contributed by atoms with Crippen molar-refractivity contribution >= 4 is 45.0 Å². The monoisotopic (exact) mass is 465 g/mol. The van der Waals surface area contributed by atoms with Gasteiger partial charge in [-0.25, -0.2) is 4.98 Å². The minimum atomic E-state index is -0.174. The zero-order valence-electron chi connectivity index (χ0n) is 18.6. The lowest BCUT2D eigenvalue weighted by atomic mass is 10.1. The molecule has 0 unspecified atom stereocenters. The van der Waals surface area contributed by atoms with Gasteiger partial charge in [-0.3, -0.25) is 9.69 Å². The van der Waals surface area contributed by atoms with Crippen molar-refractivity contribution in [2.45, 2.75) is 6.92 Å². The Balaban J connectivity index is 0.00000341. The highest BCUT2D eigenvalue weighted by Gasteiger charge is 2.24. The maximum absolute atomic E-state index is 13.6. The van der Waals surface area contributed by atoms with Crippen molar-refractivity contribution in [3.63, 3.8) is 0 Å². The van der Waals surface area contributed by atoms with E-state index in [-0.39, 0.29) is 18.3 Å². The first-order chi connectivity index (χ1) is 14.4. The Kier molecular flexibility index (Phi) is 8.50. The second-order valence-electron chi connectivity index (χ2n) is 7.14. The summed E-state index contributed by atoms with van der Waals surface area (Å²) in [6.45, 7) is 3.25. The SMILES string of the molecule is COc1cc(C(=O)N(CCN(C)C)c2nc3ccc(C)cc3s2)cc(OC)c1OC.Cl. The normalized spacial score (nSPS) is 10.7. The Morgan fingerprint density at radius 2 is 1.65 bits per heavy atom. The molecule has 0 saturated carbocycles. The fourth-order valence-electron chi connectivity index (χ4n) is 3.08. The molecule has 168 valence electrons. The van der Waals surface area contributed by atoms with E-state index in [9.17, 15) is 4.79 Å². The van der Waals surface area contributed by atoms with Crippen molar-refractivity contribution in [3.05, 3.63) is 41.5 Å². The molecule has 0 saturated heterocycles. The average Bonchev–Trinajstić information content (AvgIpc) is 3.14. The van der Waals surface area contributed by atoms with E-state index in [1.807, 2.05) is 38.1 Å². The van der Waals surface area contributed by atoms with E-state index in [4.69, 9.17) is 19.2 Å². The summed E-state index contributed by atoms with van der Waals surface area (Å²) < 4.78 is 17.3. The van der Waals surface area contributed by atoms with Crippen molar-refractivity contribution < 1.29 is 19.0 Å².